The van der Waals surface area contributed by atoms with Crippen LogP contribution >= 0.6 is 11.6 Å². The number of benzene rings is 1. The van der Waals surface area contributed by atoms with E-state index in [-0.39, 0.29) is 5.91 Å². The Hall–Kier alpha value is -1.22. The number of nitrogens with one attached hydrogen (secondary N) is 1. The zero-order chi connectivity index (χ0) is 12.4. The van der Waals surface area contributed by atoms with Crippen molar-refractivity contribution < 1.29 is 4.79 Å². The number of nitrogen functional groups attached to an aromatic ring is 1. The van der Waals surface area contributed by atoms with E-state index < -0.39 is 0 Å². The van der Waals surface area contributed by atoms with Gasteiger partial charge in [0.15, 0.2) is 0 Å². The predicted octanol–water partition coefficient (Wildman–Crippen LogP) is 2.84. The molecule has 1 saturated carbocycles. The molecule has 92 valence electrons. The summed E-state index contributed by atoms with van der Waals surface area (Å²) in [4.78, 5) is 11.9. The standard InChI is InChI=1S/C13H17ClN2O/c1-2-3-8-6-12(8)16-13(17)10-5-4-9(14)7-11(10)15/h4-5,7-8,12H,2-3,6,15H2,1H3,(H,16,17). The number of hydrogen-bond donors (Lipinski definition) is 2. The van der Waals surface area contributed by atoms with E-state index in [1.54, 1.807) is 18.2 Å². The minimum Gasteiger partial charge on any atom is -0.398 e. The number of rotatable bonds is 4. The first kappa shape index (κ1) is 12.2. The number of carbonyl (C=O) groups is 1. The molecular formula is C13H17ClN2O. The SMILES string of the molecule is CCCC1CC1NC(=O)c1ccc(Cl)cc1N. The average Bonchev–Trinajstić information content (AvgIpc) is 2.96. The summed E-state index contributed by atoms with van der Waals surface area (Å²) < 4.78 is 0. The van der Waals surface area contributed by atoms with Gasteiger partial charge in [-0.3, -0.25) is 4.79 Å². The second-order valence-electron chi connectivity index (χ2n) is 4.60. The number of carbonyl (C=O) groups excluding carboxylic acids is 1. The topological polar surface area (TPSA) is 55.1 Å². The van der Waals surface area contributed by atoms with Crippen LogP contribution in [0.4, 0.5) is 5.69 Å². The van der Waals surface area contributed by atoms with E-state index in [4.69, 9.17) is 17.3 Å². The molecule has 2 atom stereocenters. The highest BCUT2D eigenvalue weighted by molar-refractivity contribution is 6.31. The molecule has 0 saturated heterocycles. The molecule has 1 aliphatic rings. The largest absolute Gasteiger partial charge is 0.398 e. The third-order valence-electron chi connectivity index (χ3n) is 3.16. The summed E-state index contributed by atoms with van der Waals surface area (Å²) in [6.45, 7) is 2.16. The van der Waals surface area contributed by atoms with Crippen LogP contribution in [0.5, 0.6) is 0 Å². The van der Waals surface area contributed by atoms with E-state index in [0.29, 0.717) is 28.2 Å². The average molecular weight is 253 g/mol. The minimum absolute atomic E-state index is 0.0947. The smallest absolute Gasteiger partial charge is 0.253 e. The molecule has 0 aliphatic heterocycles. The van der Waals surface area contributed by atoms with Crippen molar-refractivity contribution >= 4 is 23.2 Å². The number of anilines is 1. The van der Waals surface area contributed by atoms with Gasteiger partial charge in [-0.15, -0.1) is 0 Å². The molecule has 17 heavy (non-hydrogen) atoms. The van der Waals surface area contributed by atoms with Crippen molar-refractivity contribution in [1.29, 1.82) is 0 Å². The number of hydrogen-bond acceptors (Lipinski definition) is 2. The van der Waals surface area contributed by atoms with Gasteiger partial charge in [0.2, 0.25) is 0 Å². The lowest BCUT2D eigenvalue weighted by atomic mass is 10.1. The van der Waals surface area contributed by atoms with Gasteiger partial charge in [0, 0.05) is 16.8 Å². The Kier molecular flexibility index (Phi) is 3.57. The summed E-state index contributed by atoms with van der Waals surface area (Å²) in [7, 11) is 0. The van der Waals surface area contributed by atoms with Crippen molar-refractivity contribution in [2.45, 2.75) is 32.2 Å². The van der Waals surface area contributed by atoms with E-state index in [2.05, 4.69) is 12.2 Å². The predicted molar refractivity (Wildman–Crippen MR) is 70.1 cm³/mol. The lowest BCUT2D eigenvalue weighted by Crippen LogP contribution is -2.27. The summed E-state index contributed by atoms with van der Waals surface area (Å²) in [5, 5.41) is 3.55. The van der Waals surface area contributed by atoms with Crippen LogP contribution in [0.15, 0.2) is 18.2 Å². The van der Waals surface area contributed by atoms with Gasteiger partial charge in [0.25, 0.3) is 5.91 Å². The minimum atomic E-state index is -0.0947. The van der Waals surface area contributed by atoms with Crippen molar-refractivity contribution in [2.24, 2.45) is 5.92 Å². The maximum Gasteiger partial charge on any atom is 0.253 e. The number of halogens is 1. The highest BCUT2D eigenvalue weighted by atomic mass is 35.5. The molecule has 0 aromatic heterocycles. The first-order valence-electron chi connectivity index (χ1n) is 5.97. The van der Waals surface area contributed by atoms with Crippen molar-refractivity contribution in [2.75, 3.05) is 5.73 Å². The van der Waals surface area contributed by atoms with Gasteiger partial charge >= 0.3 is 0 Å². The van der Waals surface area contributed by atoms with Crippen LogP contribution in [0.25, 0.3) is 0 Å². The van der Waals surface area contributed by atoms with Gasteiger partial charge < -0.3 is 11.1 Å². The molecule has 0 bridgehead atoms. The van der Waals surface area contributed by atoms with Crippen LogP contribution in [0, 0.1) is 5.92 Å². The number of amides is 1. The third-order valence-corrected chi connectivity index (χ3v) is 3.39. The maximum absolute atomic E-state index is 11.9. The van der Waals surface area contributed by atoms with Crippen LogP contribution < -0.4 is 11.1 Å². The van der Waals surface area contributed by atoms with Gasteiger partial charge in [-0.25, -0.2) is 0 Å². The normalized spacial score (nSPS) is 22.2. The molecule has 2 unspecified atom stereocenters. The van der Waals surface area contributed by atoms with Crippen molar-refractivity contribution in [3.05, 3.63) is 28.8 Å². The first-order valence-corrected chi connectivity index (χ1v) is 6.35. The fourth-order valence-electron chi connectivity index (χ4n) is 2.10. The van der Waals surface area contributed by atoms with Crippen LogP contribution in [0.2, 0.25) is 5.02 Å². The Morgan fingerprint density at radius 2 is 2.35 bits per heavy atom. The summed E-state index contributed by atoms with van der Waals surface area (Å²) >= 11 is 5.79. The van der Waals surface area contributed by atoms with Crippen LogP contribution in [0.1, 0.15) is 36.5 Å². The summed E-state index contributed by atoms with van der Waals surface area (Å²) in [5.74, 6) is 0.556. The molecule has 1 fully saturated rings. The maximum atomic E-state index is 11.9. The second kappa shape index (κ2) is 4.96. The highest BCUT2D eigenvalue weighted by Gasteiger charge is 2.37. The lowest BCUT2D eigenvalue weighted by molar-refractivity contribution is 0.0949. The lowest BCUT2D eigenvalue weighted by Gasteiger charge is -2.07. The zero-order valence-electron chi connectivity index (χ0n) is 9.87. The van der Waals surface area contributed by atoms with Gasteiger partial charge in [-0.2, -0.15) is 0 Å². The Bertz CT molecular complexity index is 433. The molecule has 1 aromatic rings. The van der Waals surface area contributed by atoms with E-state index in [0.717, 1.165) is 6.42 Å². The van der Waals surface area contributed by atoms with Crippen molar-refractivity contribution in [1.82, 2.24) is 5.32 Å². The van der Waals surface area contributed by atoms with Crippen molar-refractivity contribution in [3.63, 3.8) is 0 Å². The summed E-state index contributed by atoms with van der Waals surface area (Å²) in [5.41, 5.74) is 6.71. The fourth-order valence-corrected chi connectivity index (χ4v) is 2.28. The molecule has 3 nitrogen and oxygen atoms in total. The van der Waals surface area contributed by atoms with Gasteiger partial charge in [-0.05, 0) is 37.0 Å². The van der Waals surface area contributed by atoms with Crippen molar-refractivity contribution in [3.8, 4) is 0 Å². The molecule has 2 rings (SSSR count). The third kappa shape index (κ3) is 2.91. The molecule has 1 amide bonds. The Morgan fingerprint density at radius 1 is 1.59 bits per heavy atom. The monoisotopic (exact) mass is 252 g/mol. The second-order valence-corrected chi connectivity index (χ2v) is 5.03. The quantitative estimate of drug-likeness (QED) is 0.810. The highest BCUT2D eigenvalue weighted by Crippen LogP contribution is 2.34. The molecule has 4 heteroatoms. The van der Waals surface area contributed by atoms with Gasteiger partial charge in [0.05, 0.1) is 5.56 Å². The molecule has 0 radical (unpaired) electrons. The van der Waals surface area contributed by atoms with Gasteiger partial charge in [-0.1, -0.05) is 24.9 Å². The van der Waals surface area contributed by atoms with Crippen LogP contribution in [-0.2, 0) is 0 Å². The van der Waals surface area contributed by atoms with E-state index >= 15 is 0 Å². The molecule has 1 aliphatic carbocycles. The molecule has 0 heterocycles. The van der Waals surface area contributed by atoms with E-state index in [1.807, 2.05) is 0 Å². The first-order chi connectivity index (χ1) is 8.11. The molecular weight excluding hydrogens is 236 g/mol. The molecule has 3 N–H and O–H groups in total. The van der Waals surface area contributed by atoms with E-state index in [9.17, 15) is 4.79 Å². The number of nitrogens with two attached hydrogens (primary N) is 1. The molecule has 0 spiro atoms. The Balaban J connectivity index is 1.96. The van der Waals surface area contributed by atoms with Crippen LogP contribution in [-0.4, -0.2) is 11.9 Å². The summed E-state index contributed by atoms with van der Waals surface area (Å²) in [6, 6.07) is 5.29. The molecule has 1 aromatic carbocycles. The summed E-state index contributed by atoms with van der Waals surface area (Å²) in [6.07, 6.45) is 3.44. The zero-order valence-corrected chi connectivity index (χ0v) is 10.6. The van der Waals surface area contributed by atoms with E-state index in [1.165, 1.54) is 12.8 Å². The Morgan fingerprint density at radius 3 is 3.00 bits per heavy atom. The van der Waals surface area contributed by atoms with Gasteiger partial charge in [0.1, 0.15) is 0 Å². The Labute approximate surface area is 106 Å². The van der Waals surface area contributed by atoms with Crippen LogP contribution in [0.3, 0.4) is 0 Å². The fraction of sp³-hybridized carbons (Fsp3) is 0.462.